The van der Waals surface area contributed by atoms with E-state index in [1.54, 1.807) is 0 Å². The van der Waals surface area contributed by atoms with E-state index in [-0.39, 0.29) is 5.41 Å². The molecule has 0 bridgehead atoms. The number of anilines is 2. The van der Waals surface area contributed by atoms with Crippen LogP contribution in [0.25, 0.3) is 22.3 Å². The standard InChI is InChI=1S/C60H47N/c1-40-19-18-24-43(37-40)61(45-33-35-48-46-25-10-12-27-50(46)58(2,3)57(48)39-45)44-34-36-52-49(38-44)47-26-11-13-28-51(47)60(52)55-31-16-14-29-53(55)59(41-20-6-4-7-21-41,42-22-8-5-9-23-42)54-30-15-17-32-56(54)60/h4-18,20-40H,19H2,1-3H3. The van der Waals surface area contributed by atoms with Gasteiger partial charge in [0.1, 0.15) is 0 Å². The van der Waals surface area contributed by atoms with Crippen LogP contribution in [-0.2, 0) is 16.2 Å². The molecule has 8 aromatic carbocycles. The number of benzene rings is 8. The monoisotopic (exact) mass is 781 g/mol. The lowest BCUT2D eigenvalue weighted by Gasteiger charge is -2.50. The Morgan fingerprint density at radius 2 is 0.869 bits per heavy atom. The Balaban J connectivity index is 1.12. The minimum Gasteiger partial charge on any atom is -0.311 e. The average Bonchev–Trinajstić information content (AvgIpc) is 3.72. The molecular weight excluding hydrogens is 735 g/mol. The van der Waals surface area contributed by atoms with Crippen molar-refractivity contribution in [2.24, 2.45) is 5.92 Å². The summed E-state index contributed by atoms with van der Waals surface area (Å²) in [6, 6.07) is 73.7. The molecule has 292 valence electrons. The molecule has 12 rings (SSSR count). The normalized spacial score (nSPS) is 17.6. The Labute approximate surface area is 360 Å². The van der Waals surface area contributed by atoms with Crippen molar-refractivity contribution in [3.63, 3.8) is 0 Å². The molecule has 0 saturated heterocycles. The van der Waals surface area contributed by atoms with Gasteiger partial charge >= 0.3 is 0 Å². The zero-order chi connectivity index (χ0) is 40.9. The Morgan fingerprint density at radius 3 is 1.48 bits per heavy atom. The highest BCUT2D eigenvalue weighted by Gasteiger charge is 2.56. The van der Waals surface area contributed by atoms with Crippen LogP contribution in [0.3, 0.4) is 0 Å². The maximum Gasteiger partial charge on any atom is 0.0720 e. The molecule has 1 nitrogen and oxygen atoms in total. The van der Waals surface area contributed by atoms with Gasteiger partial charge in [-0.15, -0.1) is 0 Å². The highest BCUT2D eigenvalue weighted by Crippen LogP contribution is 2.65. The van der Waals surface area contributed by atoms with Crippen LogP contribution in [-0.4, -0.2) is 0 Å². The maximum absolute atomic E-state index is 2.51. The molecule has 0 N–H and O–H groups in total. The summed E-state index contributed by atoms with van der Waals surface area (Å²) < 4.78 is 0. The van der Waals surface area contributed by atoms with Gasteiger partial charge in [-0.2, -0.15) is 0 Å². The van der Waals surface area contributed by atoms with Crippen LogP contribution in [0.5, 0.6) is 0 Å². The van der Waals surface area contributed by atoms with Crippen LogP contribution >= 0.6 is 0 Å². The van der Waals surface area contributed by atoms with Gasteiger partial charge in [-0.1, -0.05) is 203 Å². The maximum atomic E-state index is 2.51. The number of hydrogen-bond acceptors (Lipinski definition) is 1. The Bertz CT molecular complexity index is 3020. The molecule has 0 radical (unpaired) electrons. The highest BCUT2D eigenvalue weighted by atomic mass is 15.1. The molecule has 0 aliphatic heterocycles. The number of hydrogen-bond donors (Lipinski definition) is 0. The summed E-state index contributed by atoms with van der Waals surface area (Å²) in [6.45, 7) is 7.09. The second-order valence-electron chi connectivity index (χ2n) is 18.0. The Kier molecular flexibility index (Phi) is 7.82. The van der Waals surface area contributed by atoms with Gasteiger partial charge in [0.25, 0.3) is 0 Å². The van der Waals surface area contributed by atoms with Crippen molar-refractivity contribution in [2.45, 2.75) is 43.4 Å². The van der Waals surface area contributed by atoms with Gasteiger partial charge in [-0.3, -0.25) is 0 Å². The average molecular weight is 782 g/mol. The van der Waals surface area contributed by atoms with Crippen LogP contribution in [0, 0.1) is 5.92 Å². The summed E-state index contributed by atoms with van der Waals surface area (Å²) in [5.41, 5.74) is 21.0. The van der Waals surface area contributed by atoms with Crippen molar-refractivity contribution in [3.8, 4) is 22.3 Å². The molecule has 1 unspecified atom stereocenters. The molecule has 0 aromatic heterocycles. The summed E-state index contributed by atoms with van der Waals surface area (Å²) >= 11 is 0. The van der Waals surface area contributed by atoms with Crippen molar-refractivity contribution < 1.29 is 0 Å². The van der Waals surface area contributed by atoms with Crippen molar-refractivity contribution in [1.82, 2.24) is 0 Å². The molecule has 1 heteroatoms. The second-order valence-corrected chi connectivity index (χ2v) is 18.0. The molecule has 1 atom stereocenters. The first-order chi connectivity index (χ1) is 29.9. The highest BCUT2D eigenvalue weighted by molar-refractivity contribution is 5.92. The first-order valence-electron chi connectivity index (χ1n) is 21.9. The number of fused-ring (bicyclic) bond motifs is 12. The zero-order valence-electron chi connectivity index (χ0n) is 34.9. The quantitative estimate of drug-likeness (QED) is 0.168. The van der Waals surface area contributed by atoms with Crippen LogP contribution in [0.15, 0.2) is 218 Å². The largest absolute Gasteiger partial charge is 0.311 e. The summed E-state index contributed by atoms with van der Waals surface area (Å²) in [6.07, 6.45) is 8.18. The summed E-state index contributed by atoms with van der Waals surface area (Å²) in [5.74, 6) is 0.445. The van der Waals surface area contributed by atoms with E-state index in [4.69, 9.17) is 0 Å². The van der Waals surface area contributed by atoms with Gasteiger partial charge in [-0.05, 0) is 121 Å². The van der Waals surface area contributed by atoms with Crippen molar-refractivity contribution in [2.75, 3.05) is 4.90 Å². The molecule has 8 aromatic rings. The molecule has 0 saturated carbocycles. The van der Waals surface area contributed by atoms with Crippen LogP contribution in [0.2, 0.25) is 0 Å². The smallest absolute Gasteiger partial charge is 0.0720 e. The Morgan fingerprint density at radius 1 is 0.410 bits per heavy atom. The molecule has 0 fully saturated rings. The van der Waals surface area contributed by atoms with Gasteiger partial charge in [0.05, 0.1) is 10.8 Å². The van der Waals surface area contributed by atoms with E-state index in [1.807, 2.05) is 0 Å². The first-order valence-corrected chi connectivity index (χ1v) is 21.9. The molecule has 4 aliphatic carbocycles. The van der Waals surface area contributed by atoms with Crippen LogP contribution in [0.1, 0.15) is 82.8 Å². The third-order valence-electron chi connectivity index (χ3n) is 14.5. The van der Waals surface area contributed by atoms with Crippen LogP contribution < -0.4 is 4.90 Å². The van der Waals surface area contributed by atoms with Crippen molar-refractivity contribution in [1.29, 1.82) is 0 Å². The summed E-state index contributed by atoms with van der Waals surface area (Å²) in [4.78, 5) is 2.51. The molecule has 0 heterocycles. The minimum atomic E-state index is -0.530. The van der Waals surface area contributed by atoms with E-state index in [9.17, 15) is 0 Å². The fourth-order valence-electron chi connectivity index (χ4n) is 12.0. The lowest BCUT2D eigenvalue weighted by atomic mass is 9.51. The topological polar surface area (TPSA) is 3.24 Å². The van der Waals surface area contributed by atoms with Gasteiger partial charge in [-0.25, -0.2) is 0 Å². The molecule has 1 spiro atoms. The predicted octanol–water partition coefficient (Wildman–Crippen LogP) is 14.7. The number of nitrogens with zero attached hydrogens (tertiary/aromatic N) is 1. The van der Waals surface area contributed by atoms with Gasteiger partial charge in [0.15, 0.2) is 0 Å². The molecule has 4 aliphatic rings. The third kappa shape index (κ3) is 4.84. The van der Waals surface area contributed by atoms with E-state index in [2.05, 4.69) is 238 Å². The van der Waals surface area contributed by atoms with E-state index < -0.39 is 10.8 Å². The molecule has 61 heavy (non-hydrogen) atoms. The first kappa shape index (κ1) is 35.9. The fourth-order valence-corrected chi connectivity index (χ4v) is 12.0. The van der Waals surface area contributed by atoms with E-state index in [0.717, 1.165) is 6.42 Å². The summed E-state index contributed by atoms with van der Waals surface area (Å²) in [7, 11) is 0. The van der Waals surface area contributed by atoms with Gasteiger partial charge in [0, 0.05) is 22.5 Å². The van der Waals surface area contributed by atoms with Crippen molar-refractivity contribution >= 4 is 11.4 Å². The second kappa shape index (κ2) is 13.3. The van der Waals surface area contributed by atoms with Gasteiger partial charge < -0.3 is 4.90 Å². The Hall–Kier alpha value is -6.96. The minimum absolute atomic E-state index is 0.0998. The van der Waals surface area contributed by atoms with E-state index in [0.29, 0.717) is 5.92 Å². The zero-order valence-corrected chi connectivity index (χ0v) is 34.9. The molecule has 0 amide bonds. The number of allylic oxidation sites excluding steroid dienone is 3. The van der Waals surface area contributed by atoms with E-state index in [1.165, 1.54) is 95.0 Å². The lowest BCUT2D eigenvalue weighted by Crippen LogP contribution is -2.44. The third-order valence-corrected chi connectivity index (χ3v) is 14.5. The fraction of sp³-hybridized carbons (Fsp3) is 0.133. The SMILES string of the molecule is CC1C=C(N(c2ccc3c(c2)-c2ccccc2C32c3ccccc3C(c3ccccc3)(c3ccccc3)c3ccccc32)c2ccc3c(c2)C(C)(C)c2ccccc2-3)C=CC1. The lowest BCUT2D eigenvalue weighted by molar-refractivity contribution is 0.623. The van der Waals surface area contributed by atoms with Crippen molar-refractivity contribution in [3.05, 3.63) is 274 Å². The number of rotatable bonds is 5. The van der Waals surface area contributed by atoms with E-state index >= 15 is 0 Å². The molecular formula is C60H47N. The summed E-state index contributed by atoms with van der Waals surface area (Å²) in [5, 5.41) is 0. The predicted molar refractivity (Wildman–Crippen MR) is 253 cm³/mol. The van der Waals surface area contributed by atoms with Crippen LogP contribution in [0.4, 0.5) is 11.4 Å². The van der Waals surface area contributed by atoms with Gasteiger partial charge in [0.2, 0.25) is 0 Å².